The Bertz CT molecular complexity index is 514. The van der Waals surface area contributed by atoms with Gasteiger partial charge in [0.15, 0.2) is 11.6 Å². The Morgan fingerprint density at radius 2 is 1.79 bits per heavy atom. The zero-order valence-corrected chi connectivity index (χ0v) is 12.7. The van der Waals surface area contributed by atoms with Gasteiger partial charge in [-0.25, -0.2) is 17.2 Å². The van der Waals surface area contributed by atoms with E-state index in [1.165, 1.54) is 0 Å². The minimum Gasteiger partial charge on any atom is -0.320 e. The second-order valence-corrected chi connectivity index (χ2v) is 6.73. The number of sulfonamides is 1. The Morgan fingerprint density at radius 3 is 2.32 bits per heavy atom. The van der Waals surface area contributed by atoms with E-state index in [0.29, 0.717) is 19.4 Å². The Labute approximate surface area is 119 Å². The molecule has 0 atom stereocenters. The molecule has 1 aromatic carbocycles. The van der Waals surface area contributed by atoms with Crippen LogP contribution >= 0.6 is 15.9 Å². The zero-order chi connectivity index (χ0) is 14.5. The summed E-state index contributed by atoms with van der Waals surface area (Å²) in [5.74, 6) is -2.08. The SMILES string of the molecule is CNCCCCS(=O)(=O)Nc1c(F)cc(Br)cc1F. The molecule has 2 N–H and O–H groups in total. The maximum Gasteiger partial charge on any atom is 0.232 e. The van der Waals surface area contributed by atoms with E-state index in [1.807, 2.05) is 4.72 Å². The molecular formula is C11H15BrF2N2O2S. The number of anilines is 1. The van der Waals surface area contributed by atoms with Crippen molar-refractivity contribution in [3.8, 4) is 0 Å². The normalized spacial score (nSPS) is 11.6. The minimum atomic E-state index is -3.75. The lowest BCUT2D eigenvalue weighted by Gasteiger charge is -2.10. The van der Waals surface area contributed by atoms with E-state index >= 15 is 0 Å². The molecular weight excluding hydrogens is 342 g/mol. The second kappa shape index (κ2) is 7.16. The lowest BCUT2D eigenvalue weighted by Crippen LogP contribution is -2.19. The average molecular weight is 357 g/mol. The predicted molar refractivity (Wildman–Crippen MR) is 74.6 cm³/mol. The van der Waals surface area contributed by atoms with E-state index in [4.69, 9.17) is 0 Å². The Morgan fingerprint density at radius 1 is 1.21 bits per heavy atom. The molecule has 0 fully saturated rings. The van der Waals surface area contributed by atoms with Gasteiger partial charge in [0, 0.05) is 4.47 Å². The van der Waals surface area contributed by atoms with Gasteiger partial charge in [0.25, 0.3) is 0 Å². The smallest absolute Gasteiger partial charge is 0.232 e. The molecule has 0 heterocycles. The van der Waals surface area contributed by atoms with Crippen molar-refractivity contribution < 1.29 is 17.2 Å². The van der Waals surface area contributed by atoms with Gasteiger partial charge in [0.1, 0.15) is 5.69 Å². The summed E-state index contributed by atoms with van der Waals surface area (Å²) in [6, 6.07) is 2.00. The number of unbranched alkanes of at least 4 members (excludes halogenated alkanes) is 1. The molecule has 0 unspecified atom stereocenters. The summed E-state index contributed by atoms with van der Waals surface area (Å²) < 4.78 is 52.5. The fourth-order valence-corrected chi connectivity index (χ4v) is 3.03. The number of hydrogen-bond acceptors (Lipinski definition) is 3. The van der Waals surface area contributed by atoms with E-state index in [1.54, 1.807) is 7.05 Å². The molecule has 108 valence electrons. The Balaban J connectivity index is 2.73. The van der Waals surface area contributed by atoms with E-state index in [-0.39, 0.29) is 10.2 Å². The van der Waals surface area contributed by atoms with Crippen LogP contribution in [0.3, 0.4) is 0 Å². The minimum absolute atomic E-state index is 0.177. The molecule has 8 heteroatoms. The van der Waals surface area contributed by atoms with Crippen LogP contribution in [-0.4, -0.2) is 27.8 Å². The third-order valence-electron chi connectivity index (χ3n) is 2.35. The topological polar surface area (TPSA) is 58.2 Å². The van der Waals surface area contributed by atoms with Gasteiger partial charge < -0.3 is 5.32 Å². The highest BCUT2D eigenvalue weighted by atomic mass is 79.9. The average Bonchev–Trinajstić information content (AvgIpc) is 2.29. The molecule has 0 bridgehead atoms. The van der Waals surface area contributed by atoms with Gasteiger partial charge in [-0.05, 0) is 38.6 Å². The summed E-state index contributed by atoms with van der Waals surface area (Å²) in [4.78, 5) is 0. The van der Waals surface area contributed by atoms with Gasteiger partial charge in [-0.2, -0.15) is 0 Å². The first-order valence-corrected chi connectivity index (χ1v) is 8.10. The maximum absolute atomic E-state index is 13.5. The molecule has 0 aliphatic rings. The highest BCUT2D eigenvalue weighted by Crippen LogP contribution is 2.24. The molecule has 0 spiro atoms. The lowest BCUT2D eigenvalue weighted by atomic mass is 10.3. The Hall–Kier alpha value is -0.730. The molecule has 4 nitrogen and oxygen atoms in total. The standard InChI is InChI=1S/C11H15BrF2N2O2S/c1-15-4-2-3-5-19(17,18)16-11-9(13)6-8(12)7-10(11)14/h6-7,15-16H,2-5H2,1H3. The van der Waals surface area contributed by atoms with E-state index in [0.717, 1.165) is 12.1 Å². The highest BCUT2D eigenvalue weighted by Gasteiger charge is 2.17. The number of nitrogens with one attached hydrogen (secondary N) is 2. The van der Waals surface area contributed by atoms with Crippen LogP contribution in [-0.2, 0) is 10.0 Å². The van der Waals surface area contributed by atoms with Crippen molar-refractivity contribution in [2.24, 2.45) is 0 Å². The summed E-state index contributed by atoms with van der Waals surface area (Å²) in [5.41, 5.74) is -0.642. The number of benzene rings is 1. The monoisotopic (exact) mass is 356 g/mol. The van der Waals surface area contributed by atoms with E-state index in [2.05, 4.69) is 21.2 Å². The first-order chi connectivity index (χ1) is 8.85. The van der Waals surface area contributed by atoms with E-state index < -0.39 is 27.3 Å². The van der Waals surface area contributed by atoms with Crippen molar-refractivity contribution in [3.63, 3.8) is 0 Å². The summed E-state index contributed by atoms with van der Waals surface area (Å²) in [5, 5.41) is 2.89. The van der Waals surface area contributed by atoms with Gasteiger partial charge in [-0.3, -0.25) is 4.72 Å². The summed E-state index contributed by atoms with van der Waals surface area (Å²) in [7, 11) is -1.98. The molecule has 0 radical (unpaired) electrons. The van der Waals surface area contributed by atoms with Crippen molar-refractivity contribution >= 4 is 31.6 Å². The molecule has 0 aromatic heterocycles. The number of rotatable bonds is 7. The van der Waals surface area contributed by atoms with Crippen LogP contribution in [0.5, 0.6) is 0 Å². The molecule has 0 saturated carbocycles. The summed E-state index contributed by atoms with van der Waals surface area (Å²) >= 11 is 2.92. The first kappa shape index (κ1) is 16.3. The van der Waals surface area contributed by atoms with Crippen LogP contribution in [0.25, 0.3) is 0 Å². The van der Waals surface area contributed by atoms with Gasteiger partial charge in [0.05, 0.1) is 5.75 Å². The van der Waals surface area contributed by atoms with Crippen molar-refractivity contribution in [3.05, 3.63) is 28.2 Å². The number of halogens is 3. The lowest BCUT2D eigenvalue weighted by molar-refractivity contribution is 0.579. The molecule has 0 aliphatic carbocycles. The zero-order valence-electron chi connectivity index (χ0n) is 10.3. The third kappa shape index (κ3) is 5.42. The van der Waals surface area contributed by atoms with Crippen molar-refractivity contribution in [2.75, 3.05) is 24.1 Å². The Kier molecular flexibility index (Phi) is 6.15. The quantitative estimate of drug-likeness (QED) is 0.737. The maximum atomic E-state index is 13.5. The fraction of sp³-hybridized carbons (Fsp3) is 0.455. The fourth-order valence-electron chi connectivity index (χ4n) is 1.44. The molecule has 19 heavy (non-hydrogen) atoms. The van der Waals surface area contributed by atoms with Crippen molar-refractivity contribution in [2.45, 2.75) is 12.8 Å². The summed E-state index contributed by atoms with van der Waals surface area (Å²) in [6.07, 6.45) is 1.08. The largest absolute Gasteiger partial charge is 0.320 e. The molecule has 0 aliphatic heterocycles. The van der Waals surface area contributed by atoms with Gasteiger partial charge in [0.2, 0.25) is 10.0 Å². The summed E-state index contributed by atoms with van der Waals surface area (Å²) in [6.45, 7) is 0.691. The molecule has 0 amide bonds. The third-order valence-corrected chi connectivity index (χ3v) is 4.15. The van der Waals surface area contributed by atoms with E-state index in [9.17, 15) is 17.2 Å². The molecule has 1 aromatic rings. The van der Waals surface area contributed by atoms with Crippen LogP contribution in [0, 0.1) is 11.6 Å². The van der Waals surface area contributed by atoms with Crippen molar-refractivity contribution in [1.29, 1.82) is 0 Å². The van der Waals surface area contributed by atoms with Crippen LogP contribution in [0.15, 0.2) is 16.6 Å². The first-order valence-electron chi connectivity index (χ1n) is 5.65. The van der Waals surface area contributed by atoms with Crippen molar-refractivity contribution in [1.82, 2.24) is 5.32 Å². The van der Waals surface area contributed by atoms with Crippen LogP contribution in [0.1, 0.15) is 12.8 Å². The van der Waals surface area contributed by atoms with Crippen LogP contribution < -0.4 is 10.0 Å². The van der Waals surface area contributed by atoms with Crippen LogP contribution in [0.2, 0.25) is 0 Å². The second-order valence-electron chi connectivity index (χ2n) is 3.98. The predicted octanol–water partition coefficient (Wildman–Crippen LogP) is 2.47. The van der Waals surface area contributed by atoms with Gasteiger partial charge >= 0.3 is 0 Å². The highest BCUT2D eigenvalue weighted by molar-refractivity contribution is 9.10. The molecule has 0 saturated heterocycles. The van der Waals surface area contributed by atoms with Crippen LogP contribution in [0.4, 0.5) is 14.5 Å². The van der Waals surface area contributed by atoms with Gasteiger partial charge in [-0.15, -0.1) is 0 Å². The molecule has 1 rings (SSSR count). The number of hydrogen-bond donors (Lipinski definition) is 2. The van der Waals surface area contributed by atoms with Gasteiger partial charge in [-0.1, -0.05) is 15.9 Å².